The summed E-state index contributed by atoms with van der Waals surface area (Å²) in [4.78, 5) is 55.8. The fraction of sp³-hybridized carbons (Fsp3) is 0.516. The normalized spacial score (nSPS) is 17.3. The minimum absolute atomic E-state index is 0.277. The minimum atomic E-state index is -1.09. The number of carbonyl (C=O) groups excluding carboxylic acids is 4. The van der Waals surface area contributed by atoms with Gasteiger partial charge in [0.15, 0.2) is 5.82 Å². The second-order valence-electron chi connectivity index (χ2n) is 11.5. The van der Waals surface area contributed by atoms with Crippen LogP contribution in [0.25, 0.3) is 17.0 Å². The number of nitrogens with one attached hydrogen (secondary N) is 3. The Bertz CT molecular complexity index is 1360. The third kappa shape index (κ3) is 7.70. The maximum Gasteiger partial charge on any atom is 0.324 e. The molecule has 3 amide bonds. The number of hydrogen-bond donors (Lipinski definition) is 3. The summed E-state index contributed by atoms with van der Waals surface area (Å²) >= 11 is 0. The molecule has 1 aromatic carbocycles. The second-order valence-corrected chi connectivity index (χ2v) is 11.5. The Balaban J connectivity index is 1.68. The van der Waals surface area contributed by atoms with Gasteiger partial charge in [0, 0.05) is 23.2 Å². The fourth-order valence-electron chi connectivity index (χ4n) is 4.63. The molecule has 42 heavy (non-hydrogen) atoms. The summed E-state index contributed by atoms with van der Waals surface area (Å²) in [5.41, 5.74) is 3.14. The number of methoxy groups -OCH3 is 1. The van der Waals surface area contributed by atoms with Crippen LogP contribution in [0.5, 0.6) is 0 Å². The lowest BCUT2D eigenvalue weighted by Gasteiger charge is -2.34. The van der Waals surface area contributed by atoms with E-state index >= 15 is 4.39 Å². The number of hydrazine groups is 1. The van der Waals surface area contributed by atoms with Gasteiger partial charge in [-0.15, -0.1) is 0 Å². The highest BCUT2D eigenvalue weighted by Crippen LogP contribution is 2.25. The molecule has 0 aliphatic carbocycles. The first-order valence-corrected chi connectivity index (χ1v) is 14.3. The summed E-state index contributed by atoms with van der Waals surface area (Å²) < 4.78 is 20.0. The van der Waals surface area contributed by atoms with E-state index in [0.29, 0.717) is 36.8 Å². The molecule has 0 radical (unpaired) electrons. The van der Waals surface area contributed by atoms with Crippen molar-refractivity contribution in [3.8, 4) is 0 Å². The third-order valence-electron chi connectivity index (χ3n) is 7.42. The lowest BCUT2D eigenvalue weighted by atomic mass is 9.89. The van der Waals surface area contributed by atoms with Crippen LogP contribution in [0.4, 0.5) is 4.39 Å². The lowest BCUT2D eigenvalue weighted by Crippen LogP contribution is -2.61. The SMILES string of the molecule is CCc1ccc2ccc(/C=C/C(C)(C)C(=O)NC(C(=O)NC(C)C(=O)N3CCCC(C(=O)OC)N3)C(C)C)c(F)c2n1. The van der Waals surface area contributed by atoms with Gasteiger partial charge in [0.05, 0.1) is 12.5 Å². The molecule has 3 rings (SSSR count). The number of benzene rings is 1. The summed E-state index contributed by atoms with van der Waals surface area (Å²) in [7, 11) is 1.28. The van der Waals surface area contributed by atoms with Crippen LogP contribution in [0.3, 0.4) is 0 Å². The maximum absolute atomic E-state index is 15.3. The highest BCUT2D eigenvalue weighted by atomic mass is 19.1. The first kappa shape index (κ1) is 32.7. The predicted molar refractivity (Wildman–Crippen MR) is 158 cm³/mol. The van der Waals surface area contributed by atoms with Crippen molar-refractivity contribution in [1.82, 2.24) is 26.1 Å². The van der Waals surface area contributed by atoms with E-state index in [1.165, 1.54) is 12.1 Å². The van der Waals surface area contributed by atoms with Crippen LogP contribution < -0.4 is 16.1 Å². The zero-order valence-electron chi connectivity index (χ0n) is 25.4. The summed E-state index contributed by atoms with van der Waals surface area (Å²) in [6.45, 7) is 10.8. The quantitative estimate of drug-likeness (QED) is 0.366. The zero-order chi connectivity index (χ0) is 31.2. The van der Waals surface area contributed by atoms with Crippen molar-refractivity contribution in [2.45, 2.75) is 78.9 Å². The molecule has 10 nitrogen and oxygen atoms in total. The molecule has 1 aromatic heterocycles. The molecular formula is C31H42FN5O5. The number of nitrogens with zero attached hydrogens (tertiary/aromatic N) is 2. The van der Waals surface area contributed by atoms with Crippen molar-refractivity contribution in [3.05, 3.63) is 47.4 Å². The molecule has 0 spiro atoms. The van der Waals surface area contributed by atoms with Crippen molar-refractivity contribution in [2.75, 3.05) is 13.7 Å². The number of amides is 3. The van der Waals surface area contributed by atoms with Gasteiger partial charge in [-0.1, -0.05) is 51.1 Å². The third-order valence-corrected chi connectivity index (χ3v) is 7.42. The number of fused-ring (bicyclic) bond motifs is 1. The number of halogens is 1. The van der Waals surface area contributed by atoms with Crippen molar-refractivity contribution < 1.29 is 28.3 Å². The van der Waals surface area contributed by atoms with Crippen LogP contribution in [-0.2, 0) is 30.3 Å². The fourth-order valence-corrected chi connectivity index (χ4v) is 4.63. The average molecular weight is 584 g/mol. The molecule has 1 fully saturated rings. The predicted octanol–water partition coefficient (Wildman–Crippen LogP) is 3.29. The van der Waals surface area contributed by atoms with E-state index in [9.17, 15) is 19.2 Å². The standard InChI is InChI=1S/C31H42FN5O5/c1-8-22-14-13-21-12-11-20(24(32)26(21)34-22)15-16-31(5,6)30(41)35-25(18(2)3)27(38)33-19(4)28(39)37-17-9-10-23(36-37)29(40)42-7/h11-16,18-19,23,25,36H,8-10,17H2,1-7H3,(H,33,38)(H,35,41)/b16-15+. The van der Waals surface area contributed by atoms with E-state index < -0.39 is 53.0 Å². The maximum atomic E-state index is 15.3. The van der Waals surface area contributed by atoms with Crippen molar-refractivity contribution >= 4 is 40.7 Å². The topological polar surface area (TPSA) is 130 Å². The molecular weight excluding hydrogens is 541 g/mol. The molecule has 3 N–H and O–H groups in total. The van der Waals surface area contributed by atoms with Crippen LogP contribution in [0.15, 0.2) is 30.3 Å². The van der Waals surface area contributed by atoms with Crippen LogP contribution in [-0.4, -0.2) is 65.5 Å². The molecule has 3 atom stereocenters. The van der Waals surface area contributed by atoms with Gasteiger partial charge in [0.2, 0.25) is 11.8 Å². The summed E-state index contributed by atoms with van der Waals surface area (Å²) in [6.07, 6.45) is 4.97. The summed E-state index contributed by atoms with van der Waals surface area (Å²) in [5.74, 6) is -2.57. The Morgan fingerprint density at radius 2 is 1.86 bits per heavy atom. The average Bonchev–Trinajstić information content (AvgIpc) is 2.98. The smallest absolute Gasteiger partial charge is 0.324 e. The summed E-state index contributed by atoms with van der Waals surface area (Å²) in [5, 5.41) is 7.49. The number of hydrogen-bond acceptors (Lipinski definition) is 7. The molecule has 1 saturated heterocycles. The lowest BCUT2D eigenvalue weighted by molar-refractivity contribution is -0.150. The van der Waals surface area contributed by atoms with E-state index in [1.807, 2.05) is 19.1 Å². The molecule has 1 aliphatic rings. The monoisotopic (exact) mass is 583 g/mol. The van der Waals surface area contributed by atoms with Gasteiger partial charge in [0.25, 0.3) is 5.91 Å². The Hall–Kier alpha value is -3.86. The molecule has 1 aliphatic heterocycles. The first-order valence-electron chi connectivity index (χ1n) is 14.3. The van der Waals surface area contributed by atoms with Gasteiger partial charge < -0.3 is 15.4 Å². The number of carbonyl (C=O) groups is 4. The number of pyridine rings is 1. The number of aryl methyl sites for hydroxylation is 1. The van der Waals surface area contributed by atoms with Crippen molar-refractivity contribution in [1.29, 1.82) is 0 Å². The highest BCUT2D eigenvalue weighted by molar-refractivity contribution is 5.94. The van der Waals surface area contributed by atoms with Gasteiger partial charge in [-0.3, -0.25) is 24.2 Å². The van der Waals surface area contributed by atoms with Gasteiger partial charge in [-0.2, -0.15) is 0 Å². The number of aromatic nitrogens is 1. The van der Waals surface area contributed by atoms with Gasteiger partial charge >= 0.3 is 5.97 Å². The molecule has 3 unspecified atom stereocenters. The Labute approximate surface area is 246 Å². The van der Waals surface area contributed by atoms with Gasteiger partial charge in [-0.25, -0.2) is 14.8 Å². The van der Waals surface area contributed by atoms with Crippen LogP contribution in [0.1, 0.15) is 65.6 Å². The van der Waals surface area contributed by atoms with Crippen LogP contribution in [0.2, 0.25) is 0 Å². The summed E-state index contributed by atoms with van der Waals surface area (Å²) in [6, 6.07) is 4.66. The Morgan fingerprint density at radius 1 is 1.17 bits per heavy atom. The Kier molecular flexibility index (Phi) is 10.8. The van der Waals surface area contributed by atoms with Gasteiger partial charge in [0.1, 0.15) is 23.6 Å². The van der Waals surface area contributed by atoms with Crippen LogP contribution in [0, 0.1) is 17.2 Å². The largest absolute Gasteiger partial charge is 0.468 e. The number of esters is 1. The van der Waals surface area contributed by atoms with Crippen LogP contribution >= 0.6 is 0 Å². The van der Waals surface area contributed by atoms with Gasteiger partial charge in [-0.05, 0) is 52.0 Å². The van der Waals surface area contributed by atoms with E-state index in [4.69, 9.17) is 4.74 Å². The molecule has 228 valence electrons. The molecule has 0 saturated carbocycles. The van der Waals surface area contributed by atoms with E-state index in [0.717, 1.165) is 5.69 Å². The minimum Gasteiger partial charge on any atom is -0.468 e. The van der Waals surface area contributed by atoms with E-state index in [-0.39, 0.29) is 11.4 Å². The highest BCUT2D eigenvalue weighted by Gasteiger charge is 2.34. The first-order chi connectivity index (χ1) is 19.8. The molecule has 0 bridgehead atoms. The molecule has 11 heteroatoms. The van der Waals surface area contributed by atoms with Crippen molar-refractivity contribution in [3.63, 3.8) is 0 Å². The van der Waals surface area contributed by atoms with Crippen molar-refractivity contribution in [2.24, 2.45) is 11.3 Å². The zero-order valence-corrected chi connectivity index (χ0v) is 25.4. The molecule has 2 heterocycles. The van der Waals surface area contributed by atoms with E-state index in [2.05, 4.69) is 21.0 Å². The number of rotatable bonds is 10. The molecule has 2 aromatic rings. The second kappa shape index (κ2) is 13.9. The number of ether oxygens (including phenoxy) is 1. The van der Waals surface area contributed by atoms with E-state index in [1.54, 1.807) is 58.9 Å². The Morgan fingerprint density at radius 3 is 2.50 bits per heavy atom.